The molecular formula is C23H20N4O7S2. The predicted molar refractivity (Wildman–Crippen MR) is 131 cm³/mol. The fourth-order valence-corrected chi connectivity index (χ4v) is 4.62. The van der Waals surface area contributed by atoms with Crippen molar-refractivity contribution in [2.75, 3.05) is 5.01 Å². The van der Waals surface area contributed by atoms with Gasteiger partial charge in [0.2, 0.25) is 0 Å². The topological polar surface area (TPSA) is 155 Å². The molecular weight excluding hydrogens is 508 g/mol. The molecule has 0 saturated carbocycles. The lowest BCUT2D eigenvalue weighted by Gasteiger charge is -2.12. The van der Waals surface area contributed by atoms with Crippen molar-refractivity contribution in [1.29, 1.82) is 0 Å². The minimum atomic E-state index is -4.36. The van der Waals surface area contributed by atoms with Gasteiger partial charge in [-0.2, -0.15) is 37.2 Å². The van der Waals surface area contributed by atoms with Crippen LogP contribution in [0, 0.1) is 6.92 Å². The lowest BCUT2D eigenvalue weighted by molar-refractivity contribution is -0.117. The van der Waals surface area contributed by atoms with Crippen molar-refractivity contribution in [3.05, 3.63) is 78.4 Å². The summed E-state index contributed by atoms with van der Waals surface area (Å²) in [5.74, 6) is -0.413. The summed E-state index contributed by atoms with van der Waals surface area (Å²) in [7, 11) is -8.36. The summed E-state index contributed by atoms with van der Waals surface area (Å²) in [6.45, 7) is 3.44. The highest BCUT2D eigenvalue weighted by molar-refractivity contribution is 7.87. The van der Waals surface area contributed by atoms with E-state index in [1.54, 1.807) is 19.1 Å². The van der Waals surface area contributed by atoms with Crippen LogP contribution in [0.1, 0.15) is 12.5 Å². The second-order valence-electron chi connectivity index (χ2n) is 7.82. The first-order chi connectivity index (χ1) is 16.9. The molecule has 0 radical (unpaired) electrons. The Morgan fingerprint density at radius 2 is 1.44 bits per heavy atom. The van der Waals surface area contributed by atoms with Crippen LogP contribution >= 0.6 is 0 Å². The molecule has 0 bridgehead atoms. The van der Waals surface area contributed by atoms with Crippen molar-refractivity contribution in [3.8, 4) is 5.75 Å². The number of anilines is 1. The van der Waals surface area contributed by atoms with E-state index in [0.717, 1.165) is 22.7 Å². The van der Waals surface area contributed by atoms with Crippen LogP contribution in [0.3, 0.4) is 0 Å². The summed E-state index contributed by atoms with van der Waals surface area (Å²) in [6, 6.07) is 16.1. The van der Waals surface area contributed by atoms with Gasteiger partial charge >= 0.3 is 10.1 Å². The molecule has 0 spiro atoms. The van der Waals surface area contributed by atoms with Gasteiger partial charge in [0, 0.05) is 0 Å². The molecule has 0 unspecified atom stereocenters. The number of aryl methyl sites for hydroxylation is 1. The SMILES string of the molecule is CC1=NN(c2ccc(S(=O)(=O)O)cc2)C(=O)[C@H]1N=Nc1ccc(OS(=O)(=O)c2ccc(C)cc2)cc1. The zero-order chi connectivity index (χ0) is 26.1. The Labute approximate surface area is 207 Å². The molecule has 1 aliphatic rings. The van der Waals surface area contributed by atoms with E-state index in [0.29, 0.717) is 17.1 Å². The van der Waals surface area contributed by atoms with Crippen LogP contribution in [0.5, 0.6) is 5.75 Å². The van der Waals surface area contributed by atoms with E-state index >= 15 is 0 Å². The van der Waals surface area contributed by atoms with E-state index in [1.807, 2.05) is 6.92 Å². The molecule has 36 heavy (non-hydrogen) atoms. The highest BCUT2D eigenvalue weighted by Crippen LogP contribution is 2.26. The maximum atomic E-state index is 12.8. The molecule has 1 heterocycles. The number of azo groups is 1. The van der Waals surface area contributed by atoms with Crippen LogP contribution in [-0.2, 0) is 25.0 Å². The fourth-order valence-electron chi connectivity index (χ4n) is 3.21. The van der Waals surface area contributed by atoms with Gasteiger partial charge in [0.1, 0.15) is 10.6 Å². The van der Waals surface area contributed by atoms with Gasteiger partial charge in [-0.1, -0.05) is 17.7 Å². The zero-order valence-electron chi connectivity index (χ0n) is 19.0. The van der Waals surface area contributed by atoms with Crippen LogP contribution in [0.4, 0.5) is 11.4 Å². The molecule has 3 aromatic carbocycles. The monoisotopic (exact) mass is 528 g/mol. The summed E-state index contributed by atoms with van der Waals surface area (Å²) in [5, 5.41) is 13.3. The summed E-state index contributed by atoms with van der Waals surface area (Å²) < 4.78 is 61.5. The second-order valence-corrected chi connectivity index (χ2v) is 10.8. The van der Waals surface area contributed by atoms with Crippen molar-refractivity contribution in [2.24, 2.45) is 15.3 Å². The van der Waals surface area contributed by atoms with Gasteiger partial charge in [0.25, 0.3) is 16.0 Å². The molecule has 1 aliphatic heterocycles. The molecule has 1 N–H and O–H groups in total. The maximum Gasteiger partial charge on any atom is 0.339 e. The summed E-state index contributed by atoms with van der Waals surface area (Å²) in [4.78, 5) is 12.5. The molecule has 1 amide bonds. The Morgan fingerprint density at radius 1 is 0.861 bits per heavy atom. The minimum absolute atomic E-state index is 0.0311. The van der Waals surface area contributed by atoms with Crippen LogP contribution in [-0.4, -0.2) is 39.0 Å². The Hall–Kier alpha value is -3.94. The van der Waals surface area contributed by atoms with Crippen molar-refractivity contribution < 1.29 is 30.4 Å². The smallest absolute Gasteiger partial charge is 0.339 e. The molecule has 1 atom stereocenters. The van der Waals surface area contributed by atoms with Crippen LogP contribution in [0.15, 0.2) is 97.9 Å². The lowest BCUT2D eigenvalue weighted by atomic mass is 10.2. The van der Waals surface area contributed by atoms with E-state index in [2.05, 4.69) is 15.3 Å². The third-order valence-corrected chi connectivity index (χ3v) is 7.25. The Kier molecular flexibility index (Phi) is 6.71. The van der Waals surface area contributed by atoms with E-state index in [-0.39, 0.29) is 15.5 Å². The number of carbonyl (C=O) groups is 1. The quantitative estimate of drug-likeness (QED) is 0.277. The molecule has 11 nitrogen and oxygen atoms in total. The van der Waals surface area contributed by atoms with Crippen molar-refractivity contribution in [1.82, 2.24) is 0 Å². The summed E-state index contributed by atoms with van der Waals surface area (Å²) in [6.07, 6.45) is 0. The maximum absolute atomic E-state index is 12.8. The number of hydrogen-bond donors (Lipinski definition) is 1. The minimum Gasteiger partial charge on any atom is -0.379 e. The second kappa shape index (κ2) is 9.60. The van der Waals surface area contributed by atoms with Gasteiger partial charge in [-0.3, -0.25) is 9.35 Å². The average molecular weight is 529 g/mol. The van der Waals surface area contributed by atoms with Gasteiger partial charge in [-0.05, 0) is 74.5 Å². The molecule has 186 valence electrons. The average Bonchev–Trinajstić information content (AvgIpc) is 3.11. The Morgan fingerprint density at radius 3 is 2.03 bits per heavy atom. The van der Waals surface area contributed by atoms with Gasteiger partial charge < -0.3 is 4.18 Å². The normalized spacial score (nSPS) is 16.4. The van der Waals surface area contributed by atoms with Gasteiger partial charge in [0.15, 0.2) is 6.04 Å². The summed E-state index contributed by atoms with van der Waals surface area (Å²) >= 11 is 0. The van der Waals surface area contributed by atoms with Gasteiger partial charge in [-0.15, -0.1) is 0 Å². The Bertz CT molecular complexity index is 1560. The highest BCUT2D eigenvalue weighted by Gasteiger charge is 2.34. The van der Waals surface area contributed by atoms with E-state index in [9.17, 15) is 21.6 Å². The van der Waals surface area contributed by atoms with Crippen molar-refractivity contribution >= 4 is 43.2 Å². The van der Waals surface area contributed by atoms with E-state index in [4.69, 9.17) is 8.74 Å². The third kappa shape index (κ3) is 5.48. The number of hydrogen-bond acceptors (Lipinski definition) is 9. The molecule has 0 fully saturated rings. The van der Waals surface area contributed by atoms with Crippen LogP contribution in [0.2, 0.25) is 0 Å². The van der Waals surface area contributed by atoms with Gasteiger partial charge in [0.05, 0.1) is 22.0 Å². The van der Waals surface area contributed by atoms with Crippen LogP contribution < -0.4 is 9.19 Å². The largest absolute Gasteiger partial charge is 0.379 e. The fraction of sp³-hybridized carbons (Fsp3) is 0.130. The molecule has 0 aliphatic carbocycles. The standard InChI is InChI=1S/C23H20N4O7S2/c1-15-3-11-21(12-4-15)36(32,33)34-19-9-5-17(6-10-19)24-25-22-16(2)26-27(23(22)28)18-7-13-20(14-8-18)35(29,30)31/h3-14,22H,1-2H3,(H,29,30,31)/t22-/m0/s1. The first-order valence-electron chi connectivity index (χ1n) is 10.4. The van der Waals surface area contributed by atoms with E-state index < -0.39 is 32.2 Å². The van der Waals surface area contributed by atoms with Crippen LogP contribution in [0.25, 0.3) is 0 Å². The number of rotatable bonds is 7. The Balaban J connectivity index is 1.44. The predicted octanol–water partition coefficient (Wildman–Crippen LogP) is 3.88. The van der Waals surface area contributed by atoms with Crippen molar-refractivity contribution in [2.45, 2.75) is 29.7 Å². The summed E-state index contributed by atoms with van der Waals surface area (Å²) in [5.41, 5.74) is 1.93. The molecule has 3 aromatic rings. The van der Waals surface area contributed by atoms with Gasteiger partial charge in [-0.25, -0.2) is 0 Å². The van der Waals surface area contributed by atoms with E-state index in [1.165, 1.54) is 48.5 Å². The lowest BCUT2D eigenvalue weighted by Crippen LogP contribution is -2.29. The molecule has 0 aromatic heterocycles. The number of hydrazone groups is 1. The third-order valence-electron chi connectivity index (χ3n) is 5.12. The zero-order valence-corrected chi connectivity index (χ0v) is 20.6. The molecule has 13 heteroatoms. The number of amides is 1. The highest BCUT2D eigenvalue weighted by atomic mass is 32.2. The van der Waals surface area contributed by atoms with Crippen molar-refractivity contribution in [3.63, 3.8) is 0 Å². The molecule has 4 rings (SSSR count). The first kappa shape index (κ1) is 25.2. The number of benzene rings is 3. The number of nitrogens with zero attached hydrogens (tertiary/aromatic N) is 4. The number of carbonyl (C=O) groups excluding carboxylic acids is 1. The first-order valence-corrected chi connectivity index (χ1v) is 13.3. The molecule has 0 saturated heterocycles.